The van der Waals surface area contributed by atoms with E-state index in [1.165, 1.54) is 12.1 Å². The molecule has 0 unspecified atom stereocenters. The van der Waals surface area contributed by atoms with Crippen molar-refractivity contribution in [3.05, 3.63) is 77.8 Å². The summed E-state index contributed by atoms with van der Waals surface area (Å²) in [5.41, 5.74) is 3.91. The van der Waals surface area contributed by atoms with Gasteiger partial charge in [-0.15, -0.1) is 5.10 Å². The molecule has 1 atom stereocenters. The Morgan fingerprint density at radius 3 is 2.81 bits per heavy atom. The Morgan fingerprint density at radius 1 is 1.16 bits per heavy atom. The normalized spacial score (nSPS) is 17.4. The number of piperazine rings is 1. The number of carbonyl (C=O) groups excluding carboxylic acids is 1. The van der Waals surface area contributed by atoms with E-state index in [4.69, 9.17) is 4.42 Å². The monoisotopic (exact) mass is 419 g/mol. The lowest BCUT2D eigenvalue weighted by Crippen LogP contribution is -2.49. The zero-order chi connectivity index (χ0) is 21.5. The largest absolute Gasteiger partial charge is 0.469 e. The fourth-order valence-corrected chi connectivity index (χ4v) is 4.12. The maximum Gasteiger partial charge on any atom is 0.257 e. The molecule has 0 saturated carbocycles. The number of aromatic nitrogens is 3. The number of furan rings is 1. The van der Waals surface area contributed by atoms with Crippen molar-refractivity contribution >= 4 is 11.4 Å². The Kier molecular flexibility index (Phi) is 4.78. The number of rotatable bonds is 3. The molecule has 1 amide bonds. The molecular weight excluding hydrogens is 397 g/mol. The Labute approximate surface area is 178 Å². The molecule has 4 heterocycles. The lowest BCUT2D eigenvalue weighted by molar-refractivity contribution is 0.0540. The van der Waals surface area contributed by atoms with E-state index in [0.29, 0.717) is 24.4 Å². The van der Waals surface area contributed by atoms with Gasteiger partial charge in [-0.2, -0.15) is 0 Å². The number of hydrogen-bond acceptors (Lipinski definition) is 5. The summed E-state index contributed by atoms with van der Waals surface area (Å²) >= 11 is 0. The predicted molar refractivity (Wildman–Crippen MR) is 113 cm³/mol. The first-order chi connectivity index (χ1) is 15.0. The molecule has 7 nitrogen and oxygen atoms in total. The first kappa shape index (κ1) is 19.4. The predicted octanol–water partition coefficient (Wildman–Crippen LogP) is 3.57. The van der Waals surface area contributed by atoms with Crippen LogP contribution in [0.4, 0.5) is 4.39 Å². The van der Waals surface area contributed by atoms with Crippen molar-refractivity contribution in [2.24, 2.45) is 0 Å². The van der Waals surface area contributed by atoms with E-state index >= 15 is 0 Å². The third-order valence-electron chi connectivity index (χ3n) is 5.94. The van der Waals surface area contributed by atoms with E-state index in [1.54, 1.807) is 29.8 Å². The van der Waals surface area contributed by atoms with E-state index < -0.39 is 0 Å². The quantitative estimate of drug-likeness (QED) is 0.508. The highest BCUT2D eigenvalue weighted by molar-refractivity contribution is 5.95. The Balaban J connectivity index is 1.45. The number of fused-ring (bicyclic) bond motifs is 1. The fourth-order valence-electron chi connectivity index (χ4n) is 4.12. The number of likely N-dealkylation sites (N-methyl/N-ethyl adjacent to an activating group) is 1. The van der Waals surface area contributed by atoms with Gasteiger partial charge in [0.15, 0.2) is 0 Å². The van der Waals surface area contributed by atoms with Crippen LogP contribution in [0.5, 0.6) is 0 Å². The average molecular weight is 419 g/mol. The van der Waals surface area contributed by atoms with Crippen LogP contribution in [0, 0.1) is 12.7 Å². The smallest absolute Gasteiger partial charge is 0.257 e. The SMILES string of the molecule is Cc1occc1C(=O)N1CCN(C)[C@H](c2nnn3cc(-c4cccc(F)c4)ccc23)C1. The molecule has 1 aliphatic heterocycles. The molecule has 8 heteroatoms. The maximum absolute atomic E-state index is 13.6. The Morgan fingerprint density at radius 2 is 2.03 bits per heavy atom. The van der Waals surface area contributed by atoms with E-state index in [2.05, 4.69) is 15.2 Å². The van der Waals surface area contributed by atoms with E-state index in [1.807, 2.05) is 36.3 Å². The van der Waals surface area contributed by atoms with Gasteiger partial charge >= 0.3 is 0 Å². The van der Waals surface area contributed by atoms with Crippen LogP contribution < -0.4 is 0 Å². The van der Waals surface area contributed by atoms with E-state index in [-0.39, 0.29) is 17.8 Å². The lowest BCUT2D eigenvalue weighted by atomic mass is 10.0. The summed E-state index contributed by atoms with van der Waals surface area (Å²) < 4.78 is 20.6. The van der Waals surface area contributed by atoms with Gasteiger partial charge in [0.25, 0.3) is 5.91 Å². The number of pyridine rings is 1. The van der Waals surface area contributed by atoms with E-state index in [0.717, 1.165) is 28.9 Å². The Hall–Kier alpha value is -3.52. The minimum atomic E-state index is -0.279. The molecule has 31 heavy (non-hydrogen) atoms. The highest BCUT2D eigenvalue weighted by Gasteiger charge is 2.32. The van der Waals surface area contributed by atoms with Crippen LogP contribution in [-0.2, 0) is 0 Å². The summed E-state index contributed by atoms with van der Waals surface area (Å²) in [5, 5.41) is 8.74. The van der Waals surface area contributed by atoms with Crippen molar-refractivity contribution in [2.75, 3.05) is 26.7 Å². The van der Waals surface area contributed by atoms with Crippen molar-refractivity contribution in [1.29, 1.82) is 0 Å². The van der Waals surface area contributed by atoms with Crippen molar-refractivity contribution in [3.63, 3.8) is 0 Å². The maximum atomic E-state index is 13.6. The van der Waals surface area contributed by atoms with Crippen LogP contribution in [0.2, 0.25) is 0 Å². The number of benzene rings is 1. The number of halogens is 1. The van der Waals surface area contributed by atoms with Gasteiger partial charge in [-0.05, 0) is 43.8 Å². The molecule has 1 fully saturated rings. The Bertz CT molecular complexity index is 1260. The molecule has 158 valence electrons. The third-order valence-corrected chi connectivity index (χ3v) is 5.94. The van der Waals surface area contributed by atoms with Crippen molar-refractivity contribution < 1.29 is 13.6 Å². The van der Waals surface area contributed by atoms with Crippen molar-refractivity contribution in [2.45, 2.75) is 13.0 Å². The number of aryl methyl sites for hydroxylation is 1. The van der Waals surface area contributed by atoms with Gasteiger partial charge in [0, 0.05) is 31.4 Å². The molecule has 1 saturated heterocycles. The standard InChI is InChI=1S/C23H22FN5O2/c1-15-19(8-11-31-15)23(30)28-10-9-27(2)21(14-28)22-20-7-6-17(13-29(20)26-25-22)16-4-3-5-18(24)12-16/h3-8,11-13,21H,9-10,14H2,1-2H3/t21-/m0/s1. The molecule has 0 bridgehead atoms. The first-order valence-electron chi connectivity index (χ1n) is 10.2. The number of hydrogen-bond donors (Lipinski definition) is 0. The molecule has 1 aliphatic rings. The molecule has 0 aliphatic carbocycles. The molecule has 3 aromatic heterocycles. The number of carbonyl (C=O) groups is 1. The van der Waals surface area contributed by atoms with Crippen molar-refractivity contribution in [1.82, 2.24) is 24.6 Å². The lowest BCUT2D eigenvalue weighted by Gasteiger charge is -2.38. The zero-order valence-electron chi connectivity index (χ0n) is 17.3. The van der Waals surface area contributed by atoms with Crippen LogP contribution in [-0.4, -0.2) is 57.2 Å². The zero-order valence-corrected chi connectivity index (χ0v) is 17.3. The molecule has 4 aromatic rings. The summed E-state index contributed by atoms with van der Waals surface area (Å²) in [6.07, 6.45) is 3.39. The minimum absolute atomic E-state index is 0.0331. The summed E-state index contributed by atoms with van der Waals surface area (Å²) in [4.78, 5) is 17.0. The van der Waals surface area contributed by atoms with Crippen LogP contribution in [0.1, 0.15) is 27.9 Å². The van der Waals surface area contributed by atoms with Crippen LogP contribution in [0.25, 0.3) is 16.6 Å². The summed E-state index contributed by atoms with van der Waals surface area (Å²) in [6.45, 7) is 3.68. The molecule has 5 rings (SSSR count). The molecule has 0 radical (unpaired) electrons. The van der Waals surface area contributed by atoms with Gasteiger partial charge < -0.3 is 9.32 Å². The summed E-state index contributed by atoms with van der Waals surface area (Å²) in [5.74, 6) is 0.312. The highest BCUT2D eigenvalue weighted by atomic mass is 19.1. The first-order valence-corrected chi connectivity index (χ1v) is 10.2. The van der Waals surface area contributed by atoms with Crippen LogP contribution >= 0.6 is 0 Å². The summed E-state index contributed by atoms with van der Waals surface area (Å²) in [6, 6.07) is 12.0. The van der Waals surface area contributed by atoms with Gasteiger partial charge in [0.1, 0.15) is 17.3 Å². The van der Waals surface area contributed by atoms with Gasteiger partial charge in [-0.25, -0.2) is 8.91 Å². The topological polar surface area (TPSA) is 66.9 Å². The van der Waals surface area contributed by atoms with Gasteiger partial charge in [0.2, 0.25) is 0 Å². The summed E-state index contributed by atoms with van der Waals surface area (Å²) in [7, 11) is 2.03. The average Bonchev–Trinajstić information content (AvgIpc) is 3.39. The van der Waals surface area contributed by atoms with Gasteiger partial charge in [-0.1, -0.05) is 23.4 Å². The van der Waals surface area contributed by atoms with Crippen LogP contribution in [0.15, 0.2) is 59.3 Å². The van der Waals surface area contributed by atoms with Crippen molar-refractivity contribution in [3.8, 4) is 11.1 Å². The van der Waals surface area contributed by atoms with E-state index in [9.17, 15) is 9.18 Å². The van der Waals surface area contributed by atoms with Gasteiger partial charge in [-0.3, -0.25) is 9.69 Å². The second kappa shape index (κ2) is 7.63. The number of nitrogens with zero attached hydrogens (tertiary/aromatic N) is 5. The minimum Gasteiger partial charge on any atom is -0.469 e. The fraction of sp³-hybridized carbons (Fsp3) is 0.261. The number of amides is 1. The molecule has 0 N–H and O–H groups in total. The highest BCUT2D eigenvalue weighted by Crippen LogP contribution is 2.29. The molecule has 1 aromatic carbocycles. The third kappa shape index (κ3) is 3.48. The second-order valence-corrected chi connectivity index (χ2v) is 7.87. The van der Waals surface area contributed by atoms with Crippen LogP contribution in [0.3, 0.4) is 0 Å². The van der Waals surface area contributed by atoms with Gasteiger partial charge in [0.05, 0.1) is 23.4 Å². The molecular formula is C23H22FN5O2. The molecule has 0 spiro atoms. The second-order valence-electron chi connectivity index (χ2n) is 7.87.